The van der Waals surface area contributed by atoms with Crippen LogP contribution in [0.25, 0.3) is 0 Å². The first kappa shape index (κ1) is 13.9. The zero-order valence-electron chi connectivity index (χ0n) is 12.3. The number of allylic oxidation sites excluding steroid dienone is 6. The Kier molecular flexibility index (Phi) is 4.79. The van der Waals surface area contributed by atoms with Crippen molar-refractivity contribution in [1.29, 1.82) is 0 Å². The van der Waals surface area contributed by atoms with Crippen molar-refractivity contribution in [3.63, 3.8) is 0 Å². The molecule has 1 atom stereocenters. The maximum atomic E-state index is 2.38. The molecular formula is C19H24. The Bertz CT molecular complexity index is 515. The average Bonchev–Trinajstić information content (AvgIpc) is 2.60. The maximum Gasteiger partial charge on any atom is 0.00544 e. The Balaban J connectivity index is 2.35. The Hall–Kier alpha value is -1.56. The number of hydrogen-bond acceptors (Lipinski definition) is 0. The fourth-order valence-corrected chi connectivity index (χ4v) is 2.81. The highest BCUT2D eigenvalue weighted by molar-refractivity contribution is 5.38. The standard InChI is InChI=1S/C19H24/c1-4-8-19(18-12-7-10-16(3)14-18)17-11-6-5-9-15(2)13-17/h5-7,9-10,12-14,19H,4,8,11H2,1-3H3. The molecule has 0 saturated heterocycles. The molecule has 0 radical (unpaired) electrons. The fraction of sp³-hybridized carbons (Fsp3) is 0.368. The summed E-state index contributed by atoms with van der Waals surface area (Å²) in [6.07, 6.45) is 12.6. The van der Waals surface area contributed by atoms with Gasteiger partial charge in [0.05, 0.1) is 0 Å². The van der Waals surface area contributed by atoms with Gasteiger partial charge in [0, 0.05) is 5.92 Å². The van der Waals surface area contributed by atoms with Crippen LogP contribution < -0.4 is 0 Å². The maximum absolute atomic E-state index is 2.38. The van der Waals surface area contributed by atoms with Gasteiger partial charge < -0.3 is 0 Å². The Morgan fingerprint density at radius 2 is 2.05 bits per heavy atom. The lowest BCUT2D eigenvalue weighted by Gasteiger charge is -2.20. The lowest BCUT2D eigenvalue weighted by atomic mass is 9.84. The Morgan fingerprint density at radius 1 is 1.21 bits per heavy atom. The van der Waals surface area contributed by atoms with E-state index in [-0.39, 0.29) is 0 Å². The van der Waals surface area contributed by atoms with Gasteiger partial charge in [0.25, 0.3) is 0 Å². The van der Waals surface area contributed by atoms with Gasteiger partial charge in [-0.3, -0.25) is 0 Å². The first-order chi connectivity index (χ1) is 9.20. The van der Waals surface area contributed by atoms with Gasteiger partial charge in [-0.25, -0.2) is 0 Å². The molecule has 0 fully saturated rings. The van der Waals surface area contributed by atoms with Gasteiger partial charge in [0.1, 0.15) is 0 Å². The molecule has 2 rings (SSSR count). The molecule has 0 heterocycles. The minimum atomic E-state index is 0.566. The first-order valence-corrected chi connectivity index (χ1v) is 7.31. The lowest BCUT2D eigenvalue weighted by Crippen LogP contribution is -2.03. The summed E-state index contributed by atoms with van der Waals surface area (Å²) in [6, 6.07) is 8.98. The van der Waals surface area contributed by atoms with Gasteiger partial charge in [-0.05, 0) is 32.3 Å². The largest absolute Gasteiger partial charge is 0.0804 e. The van der Waals surface area contributed by atoms with Crippen molar-refractivity contribution in [2.75, 3.05) is 0 Å². The van der Waals surface area contributed by atoms with Crippen LogP contribution in [0.2, 0.25) is 0 Å². The van der Waals surface area contributed by atoms with Crippen LogP contribution in [0, 0.1) is 6.92 Å². The molecule has 19 heavy (non-hydrogen) atoms. The van der Waals surface area contributed by atoms with E-state index >= 15 is 0 Å². The molecule has 0 saturated carbocycles. The molecule has 1 aliphatic rings. The molecule has 0 bridgehead atoms. The van der Waals surface area contributed by atoms with Crippen molar-refractivity contribution in [2.24, 2.45) is 0 Å². The van der Waals surface area contributed by atoms with Gasteiger partial charge in [0.2, 0.25) is 0 Å². The van der Waals surface area contributed by atoms with Gasteiger partial charge in [-0.1, -0.05) is 78.6 Å². The van der Waals surface area contributed by atoms with E-state index in [1.807, 2.05) is 0 Å². The molecule has 0 heteroatoms. The van der Waals surface area contributed by atoms with E-state index in [1.54, 1.807) is 5.57 Å². The van der Waals surface area contributed by atoms with Crippen molar-refractivity contribution in [3.8, 4) is 0 Å². The zero-order chi connectivity index (χ0) is 13.7. The number of benzene rings is 1. The normalized spacial score (nSPS) is 16.6. The average molecular weight is 252 g/mol. The minimum absolute atomic E-state index is 0.566. The second kappa shape index (κ2) is 6.56. The SMILES string of the molecule is CCCC(C1=CC(C)=CC=CC1)c1cccc(C)c1. The molecule has 1 unspecified atom stereocenters. The van der Waals surface area contributed by atoms with Crippen LogP contribution in [0.5, 0.6) is 0 Å². The second-order valence-electron chi connectivity index (χ2n) is 5.52. The van der Waals surface area contributed by atoms with Crippen LogP contribution in [0.4, 0.5) is 0 Å². The lowest BCUT2D eigenvalue weighted by molar-refractivity contribution is 0.675. The van der Waals surface area contributed by atoms with Crippen molar-refractivity contribution < 1.29 is 0 Å². The Morgan fingerprint density at radius 3 is 2.79 bits per heavy atom. The summed E-state index contributed by atoms with van der Waals surface area (Å²) >= 11 is 0. The van der Waals surface area contributed by atoms with Crippen LogP contribution in [-0.2, 0) is 0 Å². The van der Waals surface area contributed by atoms with Crippen molar-refractivity contribution in [2.45, 2.75) is 46.0 Å². The third-order valence-corrected chi connectivity index (χ3v) is 3.73. The third-order valence-electron chi connectivity index (χ3n) is 3.73. The molecule has 0 spiro atoms. The molecular weight excluding hydrogens is 228 g/mol. The quantitative estimate of drug-likeness (QED) is 0.643. The monoisotopic (exact) mass is 252 g/mol. The number of aryl methyl sites for hydroxylation is 1. The van der Waals surface area contributed by atoms with Crippen molar-refractivity contribution >= 4 is 0 Å². The molecule has 0 aromatic heterocycles. The van der Waals surface area contributed by atoms with Crippen molar-refractivity contribution in [1.82, 2.24) is 0 Å². The van der Waals surface area contributed by atoms with Gasteiger partial charge in [-0.2, -0.15) is 0 Å². The van der Waals surface area contributed by atoms with E-state index in [0.29, 0.717) is 5.92 Å². The van der Waals surface area contributed by atoms with Crippen LogP contribution in [0.3, 0.4) is 0 Å². The predicted molar refractivity (Wildman–Crippen MR) is 84.4 cm³/mol. The highest BCUT2D eigenvalue weighted by Gasteiger charge is 2.16. The molecule has 1 aliphatic carbocycles. The highest BCUT2D eigenvalue weighted by atomic mass is 14.2. The first-order valence-electron chi connectivity index (χ1n) is 7.31. The molecule has 1 aromatic carbocycles. The predicted octanol–water partition coefficient (Wildman–Crippen LogP) is 5.71. The second-order valence-corrected chi connectivity index (χ2v) is 5.52. The van der Waals surface area contributed by atoms with E-state index in [0.717, 1.165) is 6.42 Å². The summed E-state index contributed by atoms with van der Waals surface area (Å²) in [7, 11) is 0. The van der Waals surface area contributed by atoms with E-state index in [2.05, 4.69) is 69.3 Å². The molecule has 0 amide bonds. The summed E-state index contributed by atoms with van der Waals surface area (Å²) < 4.78 is 0. The van der Waals surface area contributed by atoms with Crippen LogP contribution in [0.15, 0.2) is 59.7 Å². The zero-order valence-corrected chi connectivity index (χ0v) is 12.3. The van der Waals surface area contributed by atoms with E-state index < -0.39 is 0 Å². The van der Waals surface area contributed by atoms with Gasteiger partial charge in [-0.15, -0.1) is 0 Å². The Labute approximate surface area is 117 Å². The molecule has 100 valence electrons. The van der Waals surface area contributed by atoms with Crippen LogP contribution in [-0.4, -0.2) is 0 Å². The number of hydrogen-bond donors (Lipinski definition) is 0. The topological polar surface area (TPSA) is 0 Å². The van der Waals surface area contributed by atoms with E-state index in [9.17, 15) is 0 Å². The van der Waals surface area contributed by atoms with Crippen LogP contribution in [0.1, 0.15) is 50.2 Å². The summed E-state index contributed by atoms with van der Waals surface area (Å²) in [5.41, 5.74) is 5.74. The smallest absolute Gasteiger partial charge is 0.00544 e. The highest BCUT2D eigenvalue weighted by Crippen LogP contribution is 2.33. The van der Waals surface area contributed by atoms with E-state index in [1.165, 1.54) is 29.5 Å². The molecule has 0 N–H and O–H groups in total. The summed E-state index contributed by atoms with van der Waals surface area (Å²) in [4.78, 5) is 0. The summed E-state index contributed by atoms with van der Waals surface area (Å²) in [6.45, 7) is 6.65. The van der Waals surface area contributed by atoms with Crippen molar-refractivity contribution in [3.05, 3.63) is 70.8 Å². The third kappa shape index (κ3) is 3.70. The summed E-state index contributed by atoms with van der Waals surface area (Å²) in [5.74, 6) is 0.566. The molecule has 0 aliphatic heterocycles. The van der Waals surface area contributed by atoms with Crippen LogP contribution >= 0.6 is 0 Å². The van der Waals surface area contributed by atoms with Gasteiger partial charge >= 0.3 is 0 Å². The molecule has 1 aromatic rings. The minimum Gasteiger partial charge on any atom is -0.0804 e. The fourth-order valence-electron chi connectivity index (χ4n) is 2.81. The van der Waals surface area contributed by atoms with Gasteiger partial charge in [0.15, 0.2) is 0 Å². The molecule has 0 nitrogen and oxygen atoms in total. The number of rotatable bonds is 4. The summed E-state index contributed by atoms with van der Waals surface area (Å²) in [5, 5.41) is 0. The van der Waals surface area contributed by atoms with E-state index in [4.69, 9.17) is 0 Å².